The van der Waals surface area contributed by atoms with E-state index >= 15 is 0 Å². The van der Waals surface area contributed by atoms with Gasteiger partial charge in [-0.1, -0.05) is 0 Å². The number of hydrogen-bond acceptors (Lipinski definition) is 6. The third-order valence-electron chi connectivity index (χ3n) is 2.41. The van der Waals surface area contributed by atoms with Crippen molar-refractivity contribution in [3.63, 3.8) is 0 Å². The predicted molar refractivity (Wildman–Crippen MR) is 53.3 cm³/mol. The van der Waals surface area contributed by atoms with E-state index in [0.29, 0.717) is 19.4 Å². The molecule has 16 heavy (non-hydrogen) atoms. The summed E-state index contributed by atoms with van der Waals surface area (Å²) in [6.07, 6.45) is -1.55. The topological polar surface area (TPSA) is 96.2 Å². The first-order valence-corrected chi connectivity index (χ1v) is 5.03. The van der Waals surface area contributed by atoms with Crippen molar-refractivity contribution in [2.75, 3.05) is 20.3 Å². The lowest BCUT2D eigenvalue weighted by molar-refractivity contribution is -0.141. The number of hydrogen-bond donors (Lipinski definition) is 3. The first-order chi connectivity index (χ1) is 7.61. The molecular formula is C10H16O6. The van der Waals surface area contributed by atoms with Crippen LogP contribution in [-0.4, -0.2) is 53.8 Å². The summed E-state index contributed by atoms with van der Waals surface area (Å²) in [5.41, 5.74) is 0.277. The first-order valence-electron chi connectivity index (χ1n) is 5.03. The van der Waals surface area contributed by atoms with Gasteiger partial charge in [0.25, 0.3) is 0 Å². The first kappa shape index (κ1) is 13.0. The second kappa shape index (κ2) is 5.83. The van der Waals surface area contributed by atoms with Gasteiger partial charge in [-0.05, 0) is 12.8 Å². The van der Waals surface area contributed by atoms with E-state index in [1.165, 1.54) is 7.11 Å². The lowest BCUT2D eigenvalue weighted by Gasteiger charge is -2.25. The molecule has 0 fully saturated rings. The molecule has 3 N–H and O–H groups in total. The highest BCUT2D eigenvalue weighted by Crippen LogP contribution is 2.24. The van der Waals surface area contributed by atoms with Crippen molar-refractivity contribution in [3.05, 3.63) is 11.3 Å². The average molecular weight is 232 g/mol. The molecule has 0 bridgehead atoms. The SMILES string of the molecule is COC(=O)C1=C([C@@H](O)[C@H](O)CO)CCCO1. The van der Waals surface area contributed by atoms with E-state index in [2.05, 4.69) is 4.74 Å². The molecule has 92 valence electrons. The van der Waals surface area contributed by atoms with Crippen LogP contribution < -0.4 is 0 Å². The van der Waals surface area contributed by atoms with Gasteiger partial charge in [0, 0.05) is 5.57 Å². The fourth-order valence-electron chi connectivity index (χ4n) is 1.54. The smallest absolute Gasteiger partial charge is 0.373 e. The Balaban J connectivity index is 2.93. The Hall–Kier alpha value is -1.11. The molecule has 0 aromatic carbocycles. The minimum Gasteiger partial charge on any atom is -0.486 e. The lowest BCUT2D eigenvalue weighted by atomic mass is 9.97. The summed E-state index contributed by atoms with van der Waals surface area (Å²) < 4.78 is 9.62. The number of aliphatic hydroxyl groups excluding tert-OH is 3. The maximum Gasteiger partial charge on any atom is 0.373 e. The summed E-state index contributed by atoms with van der Waals surface area (Å²) in [5.74, 6) is -0.743. The second-order valence-electron chi connectivity index (χ2n) is 3.49. The Kier molecular flexibility index (Phi) is 4.72. The molecule has 0 aromatic rings. The molecular weight excluding hydrogens is 216 g/mol. The van der Waals surface area contributed by atoms with Crippen molar-refractivity contribution in [2.24, 2.45) is 0 Å². The molecule has 0 aromatic heterocycles. The predicted octanol–water partition coefficient (Wildman–Crippen LogP) is -1.06. The van der Waals surface area contributed by atoms with Crippen LogP contribution in [0.5, 0.6) is 0 Å². The van der Waals surface area contributed by atoms with Crippen LogP contribution >= 0.6 is 0 Å². The molecule has 6 nitrogen and oxygen atoms in total. The zero-order chi connectivity index (χ0) is 12.1. The summed E-state index contributed by atoms with van der Waals surface area (Å²) >= 11 is 0. The number of methoxy groups -OCH3 is 1. The van der Waals surface area contributed by atoms with Gasteiger partial charge in [0.2, 0.25) is 5.76 Å². The van der Waals surface area contributed by atoms with E-state index in [4.69, 9.17) is 9.84 Å². The van der Waals surface area contributed by atoms with E-state index in [9.17, 15) is 15.0 Å². The standard InChI is InChI=1S/C10H16O6/c1-15-10(14)9-6(3-2-4-16-9)8(13)7(12)5-11/h7-8,11-13H,2-5H2,1H3/t7-,8-/m1/s1. The Morgan fingerprint density at radius 2 is 2.25 bits per heavy atom. The van der Waals surface area contributed by atoms with Crippen molar-refractivity contribution >= 4 is 5.97 Å². The van der Waals surface area contributed by atoms with Gasteiger partial charge in [-0.25, -0.2) is 4.79 Å². The van der Waals surface area contributed by atoms with Crippen LogP contribution in [0.25, 0.3) is 0 Å². The summed E-state index contributed by atoms with van der Waals surface area (Å²) in [7, 11) is 1.21. The number of rotatable bonds is 4. The average Bonchev–Trinajstić information content (AvgIpc) is 2.35. The molecule has 0 unspecified atom stereocenters. The maximum absolute atomic E-state index is 11.3. The molecule has 1 aliphatic heterocycles. The highest BCUT2D eigenvalue weighted by Gasteiger charge is 2.29. The molecule has 0 amide bonds. The largest absolute Gasteiger partial charge is 0.486 e. The van der Waals surface area contributed by atoms with E-state index < -0.39 is 24.8 Å². The molecule has 6 heteroatoms. The zero-order valence-corrected chi connectivity index (χ0v) is 9.05. The van der Waals surface area contributed by atoms with E-state index in [0.717, 1.165) is 0 Å². The third kappa shape index (κ3) is 2.72. The highest BCUT2D eigenvalue weighted by atomic mass is 16.6. The minimum absolute atomic E-state index is 0.0613. The summed E-state index contributed by atoms with van der Waals surface area (Å²) in [5, 5.41) is 27.7. The summed E-state index contributed by atoms with van der Waals surface area (Å²) in [4.78, 5) is 11.3. The lowest BCUT2D eigenvalue weighted by Crippen LogP contribution is -2.34. The molecule has 1 heterocycles. The Morgan fingerprint density at radius 1 is 1.56 bits per heavy atom. The van der Waals surface area contributed by atoms with Gasteiger partial charge in [0.05, 0.1) is 20.3 Å². The molecule has 1 rings (SSSR count). The van der Waals surface area contributed by atoms with Crippen LogP contribution in [0, 0.1) is 0 Å². The van der Waals surface area contributed by atoms with Gasteiger partial charge in [-0.2, -0.15) is 0 Å². The molecule has 0 saturated heterocycles. The molecule has 0 radical (unpaired) electrons. The van der Waals surface area contributed by atoms with Crippen LogP contribution in [-0.2, 0) is 14.3 Å². The molecule has 2 atom stereocenters. The third-order valence-corrected chi connectivity index (χ3v) is 2.41. The number of esters is 1. The van der Waals surface area contributed by atoms with Gasteiger partial charge in [-0.3, -0.25) is 0 Å². The van der Waals surface area contributed by atoms with Gasteiger partial charge in [0.15, 0.2) is 0 Å². The Bertz CT molecular complexity index is 285. The maximum atomic E-state index is 11.3. The van der Waals surface area contributed by atoms with Crippen LogP contribution in [0.15, 0.2) is 11.3 Å². The Labute approximate surface area is 93.1 Å². The molecule has 1 aliphatic rings. The van der Waals surface area contributed by atoms with Crippen LogP contribution in [0.1, 0.15) is 12.8 Å². The van der Waals surface area contributed by atoms with Crippen molar-refractivity contribution in [3.8, 4) is 0 Å². The van der Waals surface area contributed by atoms with Crippen LogP contribution in [0.4, 0.5) is 0 Å². The summed E-state index contributed by atoms with van der Waals surface area (Å²) in [6.45, 7) is -0.213. The zero-order valence-electron chi connectivity index (χ0n) is 9.05. The van der Waals surface area contributed by atoms with Gasteiger partial charge in [-0.15, -0.1) is 0 Å². The highest BCUT2D eigenvalue weighted by molar-refractivity contribution is 5.87. The van der Waals surface area contributed by atoms with Crippen molar-refractivity contribution < 1.29 is 29.6 Å². The quantitative estimate of drug-likeness (QED) is 0.534. The monoisotopic (exact) mass is 232 g/mol. The fourth-order valence-corrected chi connectivity index (χ4v) is 1.54. The van der Waals surface area contributed by atoms with Gasteiger partial charge in [0.1, 0.15) is 12.2 Å². The van der Waals surface area contributed by atoms with Crippen molar-refractivity contribution in [1.82, 2.24) is 0 Å². The fraction of sp³-hybridized carbons (Fsp3) is 0.700. The van der Waals surface area contributed by atoms with E-state index in [-0.39, 0.29) is 11.3 Å². The van der Waals surface area contributed by atoms with Crippen molar-refractivity contribution in [2.45, 2.75) is 25.0 Å². The van der Waals surface area contributed by atoms with Crippen LogP contribution in [0.2, 0.25) is 0 Å². The van der Waals surface area contributed by atoms with Crippen molar-refractivity contribution in [1.29, 1.82) is 0 Å². The Morgan fingerprint density at radius 3 is 2.81 bits per heavy atom. The summed E-state index contributed by atoms with van der Waals surface area (Å²) in [6, 6.07) is 0. The van der Waals surface area contributed by atoms with E-state index in [1.54, 1.807) is 0 Å². The number of ether oxygens (including phenoxy) is 2. The second-order valence-corrected chi connectivity index (χ2v) is 3.49. The molecule has 0 saturated carbocycles. The normalized spacial score (nSPS) is 20.0. The van der Waals surface area contributed by atoms with E-state index in [1.807, 2.05) is 0 Å². The minimum atomic E-state index is -1.32. The van der Waals surface area contributed by atoms with Gasteiger partial charge < -0.3 is 24.8 Å². The molecule has 0 spiro atoms. The number of aliphatic hydroxyl groups is 3. The molecule has 0 aliphatic carbocycles. The van der Waals surface area contributed by atoms with Gasteiger partial charge >= 0.3 is 5.97 Å². The number of carbonyl (C=O) groups is 1. The number of carbonyl (C=O) groups excluding carboxylic acids is 1. The van der Waals surface area contributed by atoms with Crippen LogP contribution in [0.3, 0.4) is 0 Å².